The lowest BCUT2D eigenvalue weighted by Gasteiger charge is -2.03. The number of benzene rings is 1. The highest BCUT2D eigenvalue weighted by atomic mass is 35.5. The largest absolute Gasteiger partial charge is 0.332 e. The zero-order chi connectivity index (χ0) is 14.4. The van der Waals surface area contributed by atoms with Gasteiger partial charge in [-0.1, -0.05) is 23.7 Å². The Morgan fingerprint density at radius 2 is 1.75 bits per heavy atom. The smallest absolute Gasteiger partial charge is 0.279 e. The van der Waals surface area contributed by atoms with E-state index in [1.165, 1.54) is 11.6 Å². The normalized spacial score (nSPS) is 11.2. The number of halogens is 1. The number of aromatic amines is 1. The van der Waals surface area contributed by atoms with Gasteiger partial charge in [0.05, 0.1) is 5.69 Å². The fourth-order valence-electron chi connectivity index (χ4n) is 2.17. The van der Waals surface area contributed by atoms with Gasteiger partial charge in [0.1, 0.15) is 5.39 Å². The molecule has 0 spiro atoms. The third kappa shape index (κ3) is 1.69. The maximum atomic E-state index is 12.3. The van der Waals surface area contributed by atoms with Gasteiger partial charge in [-0.25, -0.2) is 4.79 Å². The number of hydrogen-bond acceptors (Lipinski definition) is 3. The molecule has 0 bridgehead atoms. The number of rotatable bonds is 1. The van der Waals surface area contributed by atoms with Crippen molar-refractivity contribution in [3.63, 3.8) is 0 Å². The molecule has 1 aromatic carbocycles. The summed E-state index contributed by atoms with van der Waals surface area (Å²) in [5.74, 6) is 0. The highest BCUT2D eigenvalue weighted by molar-refractivity contribution is 6.30. The second-order valence-corrected chi connectivity index (χ2v) is 4.95. The van der Waals surface area contributed by atoms with Crippen molar-refractivity contribution in [3.05, 3.63) is 50.1 Å². The zero-order valence-corrected chi connectivity index (χ0v) is 11.6. The van der Waals surface area contributed by atoms with E-state index < -0.39 is 5.69 Å². The molecular weight excluding hydrogens is 280 g/mol. The zero-order valence-electron chi connectivity index (χ0n) is 10.8. The first-order chi connectivity index (χ1) is 9.50. The number of nitrogens with zero attached hydrogens (tertiary/aromatic N) is 3. The van der Waals surface area contributed by atoms with E-state index in [0.717, 1.165) is 10.1 Å². The van der Waals surface area contributed by atoms with E-state index in [2.05, 4.69) is 10.2 Å². The first-order valence-electron chi connectivity index (χ1n) is 5.90. The molecule has 0 aliphatic carbocycles. The fraction of sp³-hybridized carbons (Fsp3) is 0.154. The van der Waals surface area contributed by atoms with Crippen molar-refractivity contribution in [2.24, 2.45) is 14.1 Å². The Morgan fingerprint density at radius 3 is 2.40 bits per heavy atom. The number of hydrogen-bond donors (Lipinski definition) is 1. The van der Waals surface area contributed by atoms with E-state index in [4.69, 9.17) is 11.6 Å². The predicted octanol–water partition coefficient (Wildman–Crippen LogP) is 1.28. The van der Waals surface area contributed by atoms with Crippen LogP contribution >= 0.6 is 11.6 Å². The lowest BCUT2D eigenvalue weighted by Crippen LogP contribution is -2.36. The van der Waals surface area contributed by atoms with Crippen molar-refractivity contribution in [1.82, 2.24) is 19.3 Å². The van der Waals surface area contributed by atoms with Gasteiger partial charge in [0, 0.05) is 24.7 Å². The van der Waals surface area contributed by atoms with Gasteiger partial charge in [0.15, 0.2) is 5.65 Å². The standard InChI is InChI=1S/C13H11ClN4O2/c1-17-11-9(12(19)18(2)13(17)20)10(15-16-11)7-3-5-8(14)6-4-7/h3-6H,1-2H3,(H,15,16). The molecule has 0 fully saturated rings. The SMILES string of the molecule is Cn1c(=O)c2c(-c3ccc(Cl)cc3)[nH]nc2n(C)c1=O. The van der Waals surface area contributed by atoms with Gasteiger partial charge in [-0.05, 0) is 12.1 Å². The monoisotopic (exact) mass is 290 g/mol. The van der Waals surface area contributed by atoms with Gasteiger partial charge < -0.3 is 0 Å². The molecule has 7 heteroatoms. The summed E-state index contributed by atoms with van der Waals surface area (Å²) in [6, 6.07) is 7.05. The Morgan fingerprint density at radius 1 is 1.10 bits per heavy atom. The molecule has 2 aromatic heterocycles. The van der Waals surface area contributed by atoms with E-state index >= 15 is 0 Å². The van der Waals surface area contributed by atoms with Crippen LogP contribution in [0.4, 0.5) is 0 Å². The molecule has 3 aromatic rings. The van der Waals surface area contributed by atoms with Crippen LogP contribution in [0, 0.1) is 0 Å². The van der Waals surface area contributed by atoms with Crippen LogP contribution in [0.5, 0.6) is 0 Å². The summed E-state index contributed by atoms with van der Waals surface area (Å²) >= 11 is 5.86. The molecule has 1 N–H and O–H groups in total. The van der Waals surface area contributed by atoms with E-state index in [1.807, 2.05) is 0 Å². The minimum atomic E-state index is -0.406. The quantitative estimate of drug-likeness (QED) is 0.734. The van der Waals surface area contributed by atoms with Crippen LogP contribution in [-0.4, -0.2) is 19.3 Å². The Labute approximate surface area is 118 Å². The average molecular weight is 291 g/mol. The molecule has 0 saturated heterocycles. The highest BCUT2D eigenvalue weighted by Crippen LogP contribution is 2.24. The summed E-state index contributed by atoms with van der Waals surface area (Å²) < 4.78 is 2.41. The van der Waals surface area contributed by atoms with Crippen LogP contribution in [0.2, 0.25) is 5.02 Å². The number of nitrogens with one attached hydrogen (secondary N) is 1. The molecule has 0 aliphatic heterocycles. The topological polar surface area (TPSA) is 72.7 Å². The van der Waals surface area contributed by atoms with Crippen LogP contribution in [0.3, 0.4) is 0 Å². The van der Waals surface area contributed by atoms with Crippen molar-refractivity contribution < 1.29 is 0 Å². The number of aromatic nitrogens is 4. The second kappa shape index (κ2) is 4.35. The summed E-state index contributed by atoms with van der Waals surface area (Å²) in [4.78, 5) is 24.1. The molecule has 0 amide bonds. The average Bonchev–Trinajstić information content (AvgIpc) is 2.88. The maximum Gasteiger partial charge on any atom is 0.332 e. The number of H-pyrrole nitrogens is 1. The Bertz CT molecular complexity index is 918. The fourth-order valence-corrected chi connectivity index (χ4v) is 2.30. The van der Waals surface area contributed by atoms with Crippen molar-refractivity contribution in [2.45, 2.75) is 0 Å². The first-order valence-corrected chi connectivity index (χ1v) is 6.28. The summed E-state index contributed by atoms with van der Waals surface area (Å²) in [6.45, 7) is 0. The lowest BCUT2D eigenvalue weighted by atomic mass is 10.1. The molecular formula is C13H11ClN4O2. The lowest BCUT2D eigenvalue weighted by molar-refractivity contribution is 0.708. The number of aryl methyl sites for hydroxylation is 1. The molecule has 0 radical (unpaired) electrons. The van der Waals surface area contributed by atoms with Crippen molar-refractivity contribution in [1.29, 1.82) is 0 Å². The molecule has 0 unspecified atom stereocenters. The van der Waals surface area contributed by atoms with Crippen molar-refractivity contribution >= 4 is 22.6 Å². The molecule has 102 valence electrons. The summed E-state index contributed by atoms with van der Waals surface area (Å²) in [5.41, 5.74) is 0.919. The highest BCUT2D eigenvalue weighted by Gasteiger charge is 2.16. The van der Waals surface area contributed by atoms with Crippen molar-refractivity contribution in [3.8, 4) is 11.3 Å². The van der Waals surface area contributed by atoms with Crippen molar-refractivity contribution in [2.75, 3.05) is 0 Å². The molecule has 0 saturated carbocycles. The van der Waals surface area contributed by atoms with Gasteiger partial charge in [0.25, 0.3) is 5.56 Å². The molecule has 6 nitrogen and oxygen atoms in total. The summed E-state index contributed by atoms with van der Waals surface area (Å²) in [7, 11) is 3.03. The Kier molecular flexibility index (Phi) is 2.76. The van der Waals surface area contributed by atoms with Gasteiger partial charge in [-0.2, -0.15) is 5.10 Å². The van der Waals surface area contributed by atoms with Crippen LogP contribution in [0.1, 0.15) is 0 Å². The van der Waals surface area contributed by atoms with Crippen LogP contribution in [-0.2, 0) is 14.1 Å². The molecule has 20 heavy (non-hydrogen) atoms. The van der Waals surface area contributed by atoms with E-state index in [0.29, 0.717) is 21.7 Å². The van der Waals surface area contributed by atoms with E-state index in [1.54, 1.807) is 31.3 Å². The van der Waals surface area contributed by atoms with E-state index in [9.17, 15) is 9.59 Å². The second-order valence-electron chi connectivity index (χ2n) is 4.51. The molecule has 0 aliphatic rings. The minimum absolute atomic E-state index is 0.336. The van der Waals surface area contributed by atoms with Gasteiger partial charge in [-0.3, -0.25) is 19.0 Å². The molecule has 3 rings (SSSR count). The third-order valence-corrected chi connectivity index (χ3v) is 3.54. The van der Waals surface area contributed by atoms with Gasteiger partial charge in [-0.15, -0.1) is 0 Å². The maximum absolute atomic E-state index is 12.3. The van der Waals surface area contributed by atoms with E-state index in [-0.39, 0.29) is 5.56 Å². The summed E-state index contributed by atoms with van der Waals surface area (Å²) in [5, 5.41) is 7.89. The predicted molar refractivity (Wildman–Crippen MR) is 77.0 cm³/mol. The number of fused-ring (bicyclic) bond motifs is 1. The molecule has 2 heterocycles. The van der Waals surface area contributed by atoms with Crippen LogP contribution in [0.15, 0.2) is 33.9 Å². The van der Waals surface area contributed by atoms with Gasteiger partial charge in [0.2, 0.25) is 0 Å². The Hall–Kier alpha value is -2.34. The van der Waals surface area contributed by atoms with Crippen LogP contribution < -0.4 is 11.2 Å². The first kappa shape index (κ1) is 12.7. The Balaban J connectivity index is 2.43. The minimum Gasteiger partial charge on any atom is -0.279 e. The van der Waals surface area contributed by atoms with Gasteiger partial charge >= 0.3 is 5.69 Å². The molecule has 0 atom stereocenters. The third-order valence-electron chi connectivity index (χ3n) is 3.29. The summed E-state index contributed by atoms with van der Waals surface area (Å²) in [6.07, 6.45) is 0. The van der Waals surface area contributed by atoms with Crippen LogP contribution in [0.25, 0.3) is 22.3 Å².